The van der Waals surface area contributed by atoms with E-state index < -0.39 is 0 Å². The van der Waals surface area contributed by atoms with E-state index in [0.29, 0.717) is 0 Å². The van der Waals surface area contributed by atoms with Crippen LogP contribution in [0.5, 0.6) is 0 Å². The lowest BCUT2D eigenvalue weighted by molar-refractivity contribution is 0.643. The Hall–Kier alpha value is -0.890. The van der Waals surface area contributed by atoms with Crippen molar-refractivity contribution < 1.29 is 0 Å². The van der Waals surface area contributed by atoms with Crippen molar-refractivity contribution in [3.8, 4) is 0 Å². The molecule has 1 aromatic rings. The first-order valence-corrected chi connectivity index (χ1v) is 4.39. The summed E-state index contributed by atoms with van der Waals surface area (Å²) in [6.45, 7) is 4.20. The Balaban J connectivity index is 2.69. The number of aryl methyl sites for hydroxylation is 1. The van der Waals surface area contributed by atoms with Gasteiger partial charge in [0.05, 0.1) is 0 Å². The molecule has 2 N–H and O–H groups in total. The predicted molar refractivity (Wildman–Crippen MR) is 50.9 cm³/mol. The van der Waals surface area contributed by atoms with E-state index in [0.717, 1.165) is 12.8 Å². The largest absolute Gasteiger partial charge is 0.327 e. The summed E-state index contributed by atoms with van der Waals surface area (Å²) in [5.74, 6) is 0. The smallest absolute Gasteiger partial charge is 0.0303 e. The SMILES string of the molecule is CCC(N)Cc1cnccc1C. The maximum atomic E-state index is 5.85. The average molecular weight is 164 g/mol. The lowest BCUT2D eigenvalue weighted by Crippen LogP contribution is -2.21. The molecular weight excluding hydrogens is 148 g/mol. The van der Waals surface area contributed by atoms with E-state index in [1.807, 2.05) is 18.5 Å². The fourth-order valence-corrected chi connectivity index (χ4v) is 1.14. The summed E-state index contributed by atoms with van der Waals surface area (Å²) in [5, 5.41) is 0. The highest BCUT2D eigenvalue weighted by Gasteiger charge is 2.03. The van der Waals surface area contributed by atoms with Crippen LogP contribution in [0.4, 0.5) is 0 Å². The Morgan fingerprint density at radius 3 is 2.92 bits per heavy atom. The highest BCUT2D eigenvalue weighted by atomic mass is 14.6. The van der Waals surface area contributed by atoms with Crippen LogP contribution >= 0.6 is 0 Å². The molecule has 0 saturated heterocycles. The van der Waals surface area contributed by atoms with E-state index in [9.17, 15) is 0 Å². The van der Waals surface area contributed by atoms with Crippen molar-refractivity contribution in [2.45, 2.75) is 32.7 Å². The zero-order valence-electron chi connectivity index (χ0n) is 7.75. The van der Waals surface area contributed by atoms with Crippen molar-refractivity contribution in [2.24, 2.45) is 5.73 Å². The normalized spacial score (nSPS) is 12.9. The van der Waals surface area contributed by atoms with Crippen molar-refractivity contribution in [3.63, 3.8) is 0 Å². The zero-order valence-corrected chi connectivity index (χ0v) is 7.75. The minimum Gasteiger partial charge on any atom is -0.327 e. The highest BCUT2D eigenvalue weighted by molar-refractivity contribution is 5.22. The summed E-state index contributed by atoms with van der Waals surface area (Å²) < 4.78 is 0. The molecule has 1 unspecified atom stereocenters. The van der Waals surface area contributed by atoms with Crippen molar-refractivity contribution in [1.29, 1.82) is 0 Å². The molecule has 0 radical (unpaired) electrons. The molecule has 0 aliphatic heterocycles. The Morgan fingerprint density at radius 1 is 1.58 bits per heavy atom. The van der Waals surface area contributed by atoms with E-state index in [1.165, 1.54) is 11.1 Å². The first-order valence-electron chi connectivity index (χ1n) is 4.39. The Labute approximate surface area is 73.8 Å². The molecule has 2 nitrogen and oxygen atoms in total. The van der Waals surface area contributed by atoms with Crippen molar-refractivity contribution in [2.75, 3.05) is 0 Å². The van der Waals surface area contributed by atoms with Crippen LogP contribution in [-0.2, 0) is 6.42 Å². The fraction of sp³-hybridized carbons (Fsp3) is 0.500. The molecule has 66 valence electrons. The third-order valence-electron chi connectivity index (χ3n) is 2.15. The molecule has 1 heterocycles. The van der Waals surface area contributed by atoms with E-state index >= 15 is 0 Å². The highest BCUT2D eigenvalue weighted by Crippen LogP contribution is 2.08. The third kappa shape index (κ3) is 2.31. The number of nitrogens with two attached hydrogens (primary N) is 1. The minimum atomic E-state index is 0.271. The first-order chi connectivity index (χ1) is 5.74. The van der Waals surface area contributed by atoms with Crippen LogP contribution in [0, 0.1) is 6.92 Å². The second-order valence-electron chi connectivity index (χ2n) is 3.17. The third-order valence-corrected chi connectivity index (χ3v) is 2.15. The number of pyridine rings is 1. The van der Waals surface area contributed by atoms with Crippen LogP contribution in [0.15, 0.2) is 18.5 Å². The molecule has 1 atom stereocenters. The van der Waals surface area contributed by atoms with Crippen LogP contribution in [0.2, 0.25) is 0 Å². The molecule has 0 aromatic carbocycles. The second kappa shape index (κ2) is 4.21. The van der Waals surface area contributed by atoms with Gasteiger partial charge in [0.25, 0.3) is 0 Å². The number of rotatable bonds is 3. The van der Waals surface area contributed by atoms with Crippen LogP contribution in [0.1, 0.15) is 24.5 Å². The van der Waals surface area contributed by atoms with Gasteiger partial charge in [-0.05, 0) is 37.0 Å². The summed E-state index contributed by atoms with van der Waals surface area (Å²) in [5.41, 5.74) is 8.40. The van der Waals surface area contributed by atoms with Gasteiger partial charge < -0.3 is 5.73 Å². The van der Waals surface area contributed by atoms with Crippen molar-refractivity contribution in [1.82, 2.24) is 4.98 Å². The Morgan fingerprint density at radius 2 is 2.33 bits per heavy atom. The topological polar surface area (TPSA) is 38.9 Å². The lowest BCUT2D eigenvalue weighted by Gasteiger charge is -2.09. The quantitative estimate of drug-likeness (QED) is 0.738. The molecule has 0 aliphatic rings. The molecule has 0 aliphatic carbocycles. The minimum absolute atomic E-state index is 0.271. The number of hydrogen-bond donors (Lipinski definition) is 1. The van der Waals surface area contributed by atoms with Gasteiger partial charge in [0.15, 0.2) is 0 Å². The second-order valence-corrected chi connectivity index (χ2v) is 3.17. The summed E-state index contributed by atoms with van der Waals surface area (Å²) >= 11 is 0. The van der Waals surface area contributed by atoms with Crippen molar-refractivity contribution in [3.05, 3.63) is 29.6 Å². The monoisotopic (exact) mass is 164 g/mol. The number of nitrogens with zero attached hydrogens (tertiary/aromatic N) is 1. The number of aromatic nitrogens is 1. The van der Waals surface area contributed by atoms with Gasteiger partial charge in [-0.25, -0.2) is 0 Å². The van der Waals surface area contributed by atoms with Crippen LogP contribution < -0.4 is 5.73 Å². The van der Waals surface area contributed by atoms with Crippen LogP contribution in [0.3, 0.4) is 0 Å². The van der Waals surface area contributed by atoms with Gasteiger partial charge in [0.1, 0.15) is 0 Å². The summed E-state index contributed by atoms with van der Waals surface area (Å²) in [7, 11) is 0. The van der Waals surface area contributed by atoms with Gasteiger partial charge in [-0.1, -0.05) is 6.92 Å². The average Bonchev–Trinajstić information content (AvgIpc) is 2.09. The van der Waals surface area contributed by atoms with E-state index in [2.05, 4.69) is 18.8 Å². The summed E-state index contributed by atoms with van der Waals surface area (Å²) in [4.78, 5) is 4.08. The molecule has 0 fully saturated rings. The standard InChI is InChI=1S/C10H16N2/c1-3-10(11)6-9-7-12-5-4-8(9)2/h4-5,7,10H,3,6,11H2,1-2H3. The van der Waals surface area contributed by atoms with Gasteiger partial charge in [0.2, 0.25) is 0 Å². The Kier molecular flexibility index (Phi) is 3.23. The van der Waals surface area contributed by atoms with Crippen molar-refractivity contribution >= 4 is 0 Å². The first kappa shape index (κ1) is 9.20. The van der Waals surface area contributed by atoms with Gasteiger partial charge in [-0.15, -0.1) is 0 Å². The van der Waals surface area contributed by atoms with Gasteiger partial charge >= 0.3 is 0 Å². The van der Waals surface area contributed by atoms with E-state index in [-0.39, 0.29) is 6.04 Å². The number of hydrogen-bond acceptors (Lipinski definition) is 2. The summed E-state index contributed by atoms with van der Waals surface area (Å²) in [6.07, 6.45) is 5.69. The Bertz CT molecular complexity index is 245. The maximum absolute atomic E-state index is 5.85. The van der Waals surface area contributed by atoms with Gasteiger partial charge in [-0.2, -0.15) is 0 Å². The molecular formula is C10H16N2. The molecule has 2 heteroatoms. The molecule has 0 bridgehead atoms. The van der Waals surface area contributed by atoms with Gasteiger partial charge in [0, 0.05) is 18.4 Å². The van der Waals surface area contributed by atoms with Gasteiger partial charge in [-0.3, -0.25) is 4.98 Å². The van der Waals surface area contributed by atoms with Crippen LogP contribution in [0.25, 0.3) is 0 Å². The molecule has 1 aromatic heterocycles. The predicted octanol–water partition coefficient (Wildman–Crippen LogP) is 1.67. The lowest BCUT2D eigenvalue weighted by atomic mass is 10.0. The van der Waals surface area contributed by atoms with Crippen LogP contribution in [-0.4, -0.2) is 11.0 Å². The summed E-state index contributed by atoms with van der Waals surface area (Å²) in [6, 6.07) is 2.30. The molecule has 1 rings (SSSR count). The fourth-order valence-electron chi connectivity index (χ4n) is 1.14. The van der Waals surface area contributed by atoms with E-state index in [1.54, 1.807) is 0 Å². The molecule has 0 amide bonds. The molecule has 0 saturated carbocycles. The zero-order chi connectivity index (χ0) is 8.97. The molecule has 12 heavy (non-hydrogen) atoms. The maximum Gasteiger partial charge on any atom is 0.0303 e. The van der Waals surface area contributed by atoms with E-state index in [4.69, 9.17) is 5.73 Å². The molecule has 0 spiro atoms.